The van der Waals surface area contributed by atoms with Crippen LogP contribution < -0.4 is 12.4 Å². The van der Waals surface area contributed by atoms with Crippen LogP contribution >= 0.6 is 0 Å². The molecule has 0 spiro atoms. The molecule has 0 heterocycles. The quantitative estimate of drug-likeness (QED) is 0.0662. The molecular formula is C30H66ClNO3Si. The number of unbranched alkanes of at least 4 members (excludes halogenated alkanes) is 13. The first-order valence-electron chi connectivity index (χ1n) is 15.7. The predicted molar refractivity (Wildman–Crippen MR) is 156 cm³/mol. The molecule has 220 valence electrons. The largest absolute Gasteiger partial charge is 1.00 e. The van der Waals surface area contributed by atoms with Crippen LogP contribution in [0.2, 0.25) is 6.04 Å². The van der Waals surface area contributed by atoms with E-state index in [2.05, 4.69) is 41.8 Å². The Kier molecular flexibility index (Phi) is 28.8. The minimum absolute atomic E-state index is 0. The van der Waals surface area contributed by atoms with Crippen molar-refractivity contribution in [3.8, 4) is 0 Å². The highest BCUT2D eigenvalue weighted by Gasteiger charge is 2.41. The van der Waals surface area contributed by atoms with Crippen LogP contribution in [0.15, 0.2) is 0 Å². The summed E-state index contributed by atoms with van der Waals surface area (Å²) >= 11 is 0. The zero-order chi connectivity index (χ0) is 26.1. The Morgan fingerprint density at radius 1 is 0.444 bits per heavy atom. The van der Waals surface area contributed by atoms with Crippen LogP contribution in [0.3, 0.4) is 0 Å². The molecule has 0 aromatic carbocycles. The molecule has 0 rings (SSSR count). The van der Waals surface area contributed by atoms with E-state index in [0.717, 1.165) is 56.0 Å². The van der Waals surface area contributed by atoms with Crippen molar-refractivity contribution in [3.05, 3.63) is 0 Å². The van der Waals surface area contributed by atoms with Crippen LogP contribution in [0.4, 0.5) is 0 Å². The van der Waals surface area contributed by atoms with Crippen molar-refractivity contribution in [1.29, 1.82) is 0 Å². The number of nitrogens with zero attached hydrogens (tertiary/aromatic N) is 1. The van der Waals surface area contributed by atoms with E-state index in [9.17, 15) is 0 Å². The smallest absolute Gasteiger partial charge is 0.501 e. The molecule has 0 saturated heterocycles. The Labute approximate surface area is 235 Å². The third kappa shape index (κ3) is 23.5. The summed E-state index contributed by atoms with van der Waals surface area (Å²) in [4.78, 5) is 0. The van der Waals surface area contributed by atoms with Gasteiger partial charge >= 0.3 is 8.80 Å². The summed E-state index contributed by atoms with van der Waals surface area (Å²) in [6, 6.07) is 0.952. The van der Waals surface area contributed by atoms with Gasteiger partial charge in [-0.25, -0.2) is 0 Å². The lowest BCUT2D eigenvalue weighted by Gasteiger charge is -2.33. The van der Waals surface area contributed by atoms with E-state index in [4.69, 9.17) is 13.3 Å². The highest BCUT2D eigenvalue weighted by atomic mass is 35.5. The van der Waals surface area contributed by atoms with Gasteiger partial charge in [-0.1, -0.05) is 105 Å². The lowest BCUT2D eigenvalue weighted by atomic mass is 10.0. The highest BCUT2D eigenvalue weighted by Crippen LogP contribution is 2.21. The van der Waals surface area contributed by atoms with Gasteiger partial charge in [-0.15, -0.1) is 0 Å². The van der Waals surface area contributed by atoms with Gasteiger partial charge in [-0.3, -0.25) is 0 Å². The van der Waals surface area contributed by atoms with Gasteiger partial charge in [0.15, 0.2) is 0 Å². The van der Waals surface area contributed by atoms with E-state index >= 15 is 0 Å². The molecule has 6 heteroatoms. The van der Waals surface area contributed by atoms with Gasteiger partial charge < -0.3 is 30.2 Å². The van der Waals surface area contributed by atoms with E-state index in [1.54, 1.807) is 0 Å². The second-order valence-electron chi connectivity index (χ2n) is 11.3. The molecule has 0 aliphatic carbocycles. The fourth-order valence-corrected chi connectivity index (χ4v) is 7.50. The fourth-order valence-electron chi connectivity index (χ4n) is 4.68. The van der Waals surface area contributed by atoms with E-state index in [1.807, 2.05) is 0 Å². The van der Waals surface area contributed by atoms with Gasteiger partial charge in [0.1, 0.15) is 0 Å². The summed E-state index contributed by atoms with van der Waals surface area (Å²) in [6.45, 7) is 13.5. The number of rotatable bonds is 28. The Bertz CT molecular complexity index is 419. The molecule has 0 aliphatic rings. The van der Waals surface area contributed by atoms with Crippen molar-refractivity contribution < 1.29 is 30.2 Å². The monoisotopic (exact) mass is 551 g/mol. The number of hydrogen-bond donors (Lipinski definition) is 0. The van der Waals surface area contributed by atoms with Gasteiger partial charge in [0.25, 0.3) is 0 Å². The third-order valence-electron chi connectivity index (χ3n) is 6.94. The van der Waals surface area contributed by atoms with Crippen molar-refractivity contribution in [1.82, 2.24) is 0 Å². The summed E-state index contributed by atoms with van der Waals surface area (Å²) in [5.41, 5.74) is 0. The summed E-state index contributed by atoms with van der Waals surface area (Å²) in [5.74, 6) is 0. The Hall–Kier alpha value is 0.347. The molecule has 0 saturated carbocycles. The van der Waals surface area contributed by atoms with Crippen molar-refractivity contribution in [2.45, 2.75) is 149 Å². The molecule has 0 amide bonds. The second kappa shape index (κ2) is 26.9. The molecule has 4 nitrogen and oxygen atoms in total. The molecule has 0 aromatic heterocycles. The van der Waals surface area contributed by atoms with Crippen molar-refractivity contribution in [2.24, 2.45) is 0 Å². The molecule has 0 N–H and O–H groups in total. The van der Waals surface area contributed by atoms with Gasteiger partial charge in [0.05, 0.1) is 27.2 Å². The zero-order valence-electron chi connectivity index (χ0n) is 25.5. The number of quaternary nitrogens is 1. The first-order valence-corrected chi connectivity index (χ1v) is 17.6. The van der Waals surface area contributed by atoms with Gasteiger partial charge in [-0.05, 0) is 32.1 Å². The maximum atomic E-state index is 6.27. The molecule has 36 heavy (non-hydrogen) atoms. The van der Waals surface area contributed by atoms with Crippen LogP contribution in [0.25, 0.3) is 0 Å². The molecule has 0 fully saturated rings. The van der Waals surface area contributed by atoms with E-state index in [1.165, 1.54) is 103 Å². The van der Waals surface area contributed by atoms with Crippen molar-refractivity contribution in [3.63, 3.8) is 0 Å². The first kappa shape index (κ1) is 38.5. The van der Waals surface area contributed by atoms with Crippen molar-refractivity contribution >= 4 is 8.80 Å². The molecule has 0 unspecified atom stereocenters. The number of hydrogen-bond acceptors (Lipinski definition) is 3. The molecule has 0 aromatic rings. The SMILES string of the molecule is CCCCCCCCCCCCCCCC[N+](C)(C)CCC[Si](OCCC)(OCCC)OCCC.[Cl-]. The summed E-state index contributed by atoms with van der Waals surface area (Å²) in [6.07, 6.45) is 24.1. The minimum Gasteiger partial charge on any atom is -1.00 e. The lowest BCUT2D eigenvalue weighted by Crippen LogP contribution is -3.00. The normalized spacial score (nSPS) is 12.2. The van der Waals surface area contributed by atoms with E-state index < -0.39 is 8.80 Å². The third-order valence-corrected chi connectivity index (χ3v) is 9.84. The molecule has 0 aliphatic heterocycles. The molecule has 0 radical (unpaired) electrons. The zero-order valence-corrected chi connectivity index (χ0v) is 27.3. The van der Waals surface area contributed by atoms with Gasteiger partial charge in [0, 0.05) is 32.3 Å². The Morgan fingerprint density at radius 3 is 1.14 bits per heavy atom. The maximum Gasteiger partial charge on any atom is 0.501 e. The fraction of sp³-hybridized carbons (Fsp3) is 1.00. The molecule has 0 atom stereocenters. The van der Waals surface area contributed by atoms with Crippen molar-refractivity contribution in [2.75, 3.05) is 47.0 Å². The van der Waals surface area contributed by atoms with Crippen LogP contribution in [0.1, 0.15) is 143 Å². The van der Waals surface area contributed by atoms with Crippen LogP contribution in [0, 0.1) is 0 Å². The second-order valence-corrected chi connectivity index (χ2v) is 14.0. The van der Waals surface area contributed by atoms with Gasteiger partial charge in [0.2, 0.25) is 0 Å². The average molecular weight is 552 g/mol. The molecular weight excluding hydrogens is 486 g/mol. The highest BCUT2D eigenvalue weighted by molar-refractivity contribution is 6.60. The topological polar surface area (TPSA) is 27.7 Å². The standard InChI is InChI=1S/C30H66NO3Si.ClH/c1-7-11-12-13-14-15-16-17-18-19-20-21-22-23-25-31(5,6)26-24-30-35(32-27-8-2,33-28-9-3)34-29-10-4;/h7-30H2,1-6H3;1H/q+1;/p-1. The summed E-state index contributed by atoms with van der Waals surface area (Å²) < 4.78 is 19.9. The predicted octanol–water partition coefficient (Wildman–Crippen LogP) is 6.16. The minimum atomic E-state index is -2.54. The molecule has 0 bridgehead atoms. The van der Waals surface area contributed by atoms with Crippen LogP contribution in [0.5, 0.6) is 0 Å². The van der Waals surface area contributed by atoms with Crippen LogP contribution in [-0.2, 0) is 13.3 Å². The number of halogens is 1. The summed E-state index contributed by atoms with van der Waals surface area (Å²) in [5, 5.41) is 0. The average Bonchev–Trinajstić information content (AvgIpc) is 2.84. The first-order chi connectivity index (χ1) is 16.9. The van der Waals surface area contributed by atoms with E-state index in [-0.39, 0.29) is 12.4 Å². The van der Waals surface area contributed by atoms with E-state index in [0.29, 0.717) is 0 Å². The van der Waals surface area contributed by atoms with Gasteiger partial charge in [-0.2, -0.15) is 0 Å². The van der Waals surface area contributed by atoms with Crippen LogP contribution in [-0.4, -0.2) is 60.3 Å². The maximum absolute atomic E-state index is 6.27. The summed E-state index contributed by atoms with van der Waals surface area (Å²) in [7, 11) is 2.23. The lowest BCUT2D eigenvalue weighted by molar-refractivity contribution is -0.890. The Morgan fingerprint density at radius 2 is 0.778 bits per heavy atom. The Balaban J connectivity index is 0.